The number of nitrogens with zero attached hydrogens (tertiary/aromatic N) is 2. The lowest BCUT2D eigenvalue weighted by Gasteiger charge is -2.39. The van der Waals surface area contributed by atoms with E-state index in [1.54, 1.807) is 0 Å². The summed E-state index contributed by atoms with van der Waals surface area (Å²) in [5.41, 5.74) is 6.08. The normalized spacial score (nSPS) is 29.9. The molecular weight excluding hydrogens is 333 g/mol. The summed E-state index contributed by atoms with van der Waals surface area (Å²) in [5.74, 6) is -0.0502. The molecule has 1 aromatic carbocycles. The second kappa shape index (κ2) is 5.98. The van der Waals surface area contributed by atoms with Crippen LogP contribution in [-0.4, -0.2) is 22.9 Å². The SMILES string of the molecule is CC(C)(C#N)[C@H]1CC[C@]2(c3cccc(Cl)c3)C[C@H](N)C(=O)N12.Cl. The first kappa shape index (κ1) is 18.1. The molecule has 0 saturated carbocycles. The lowest BCUT2D eigenvalue weighted by atomic mass is 9.83. The molecule has 0 unspecified atom stereocenters. The van der Waals surface area contributed by atoms with Crippen LogP contribution in [0.5, 0.6) is 0 Å². The van der Waals surface area contributed by atoms with E-state index in [0.29, 0.717) is 11.4 Å². The number of carbonyl (C=O) groups is 1. The van der Waals surface area contributed by atoms with E-state index in [1.807, 2.05) is 43.0 Å². The van der Waals surface area contributed by atoms with Gasteiger partial charge in [0.25, 0.3) is 0 Å². The molecule has 1 amide bonds. The van der Waals surface area contributed by atoms with Crippen molar-refractivity contribution in [2.75, 3.05) is 0 Å². The standard InChI is InChI=1S/C17H20ClN3O.ClH/c1-16(2,10-19)14-6-7-17(9-13(20)15(22)21(14)17)11-4-3-5-12(18)8-11;/h3-5,8,13-14H,6-7,9,20H2,1-2H3;1H/t13-,14+,17+;/m0./s1. The zero-order valence-corrected chi connectivity index (χ0v) is 14.8. The molecule has 0 spiro atoms. The number of hydrogen-bond acceptors (Lipinski definition) is 3. The Balaban J connectivity index is 0.00000192. The van der Waals surface area contributed by atoms with E-state index in [4.69, 9.17) is 17.3 Å². The van der Waals surface area contributed by atoms with Crippen LogP contribution in [0.4, 0.5) is 0 Å². The Kier molecular flexibility index (Phi) is 4.69. The van der Waals surface area contributed by atoms with E-state index in [1.165, 1.54) is 0 Å². The van der Waals surface area contributed by atoms with Gasteiger partial charge in [0.15, 0.2) is 0 Å². The molecule has 0 bridgehead atoms. The van der Waals surface area contributed by atoms with Gasteiger partial charge in [-0.3, -0.25) is 4.79 Å². The third-order valence-electron chi connectivity index (χ3n) is 5.20. The van der Waals surface area contributed by atoms with Gasteiger partial charge in [-0.25, -0.2) is 0 Å². The quantitative estimate of drug-likeness (QED) is 0.886. The van der Waals surface area contributed by atoms with E-state index in [0.717, 1.165) is 18.4 Å². The van der Waals surface area contributed by atoms with Crippen LogP contribution in [0.1, 0.15) is 38.7 Å². The number of nitrogens with two attached hydrogens (primary N) is 1. The number of nitriles is 1. The van der Waals surface area contributed by atoms with Gasteiger partial charge in [-0.2, -0.15) is 5.26 Å². The summed E-state index contributed by atoms with van der Waals surface area (Å²) in [6.45, 7) is 3.78. The zero-order valence-electron chi connectivity index (χ0n) is 13.3. The molecule has 4 nitrogen and oxygen atoms in total. The molecule has 2 fully saturated rings. The highest BCUT2D eigenvalue weighted by Crippen LogP contribution is 2.53. The van der Waals surface area contributed by atoms with Crippen molar-refractivity contribution in [1.29, 1.82) is 5.26 Å². The molecule has 0 radical (unpaired) electrons. The van der Waals surface area contributed by atoms with Gasteiger partial charge in [-0.05, 0) is 50.8 Å². The number of hydrogen-bond donors (Lipinski definition) is 1. The highest BCUT2D eigenvalue weighted by molar-refractivity contribution is 6.30. The van der Waals surface area contributed by atoms with Crippen molar-refractivity contribution in [2.45, 2.75) is 50.7 Å². The number of rotatable bonds is 2. The predicted molar refractivity (Wildman–Crippen MR) is 92.2 cm³/mol. The molecule has 2 N–H and O–H groups in total. The maximum Gasteiger partial charge on any atom is 0.240 e. The van der Waals surface area contributed by atoms with Gasteiger partial charge >= 0.3 is 0 Å². The average Bonchev–Trinajstić information content (AvgIpc) is 2.97. The Morgan fingerprint density at radius 2 is 2.17 bits per heavy atom. The van der Waals surface area contributed by atoms with E-state index < -0.39 is 17.0 Å². The van der Waals surface area contributed by atoms with E-state index >= 15 is 0 Å². The summed E-state index contributed by atoms with van der Waals surface area (Å²) in [4.78, 5) is 14.6. The largest absolute Gasteiger partial charge is 0.327 e. The lowest BCUT2D eigenvalue weighted by Crippen LogP contribution is -2.49. The van der Waals surface area contributed by atoms with Gasteiger partial charge < -0.3 is 10.6 Å². The summed E-state index contributed by atoms with van der Waals surface area (Å²) >= 11 is 6.15. The number of halogens is 2. The number of benzene rings is 1. The summed E-state index contributed by atoms with van der Waals surface area (Å²) in [6, 6.07) is 9.39. The monoisotopic (exact) mass is 353 g/mol. The van der Waals surface area contributed by atoms with Crippen molar-refractivity contribution < 1.29 is 4.79 Å². The summed E-state index contributed by atoms with van der Waals surface area (Å²) < 4.78 is 0. The number of fused-ring (bicyclic) bond motifs is 1. The van der Waals surface area contributed by atoms with Crippen molar-refractivity contribution in [2.24, 2.45) is 11.1 Å². The Morgan fingerprint density at radius 1 is 1.48 bits per heavy atom. The van der Waals surface area contributed by atoms with Crippen LogP contribution in [0.15, 0.2) is 24.3 Å². The summed E-state index contributed by atoms with van der Waals surface area (Å²) in [5, 5.41) is 10.1. The maximum absolute atomic E-state index is 12.7. The molecule has 124 valence electrons. The summed E-state index contributed by atoms with van der Waals surface area (Å²) in [7, 11) is 0. The molecule has 2 aliphatic heterocycles. The first-order valence-electron chi connectivity index (χ1n) is 7.58. The third kappa shape index (κ3) is 2.61. The molecule has 3 rings (SSSR count). The molecule has 0 aliphatic carbocycles. The fourth-order valence-corrected chi connectivity index (χ4v) is 4.25. The second-order valence-corrected chi connectivity index (χ2v) is 7.39. The average molecular weight is 354 g/mol. The van der Waals surface area contributed by atoms with Gasteiger partial charge in [0.05, 0.1) is 29.1 Å². The topological polar surface area (TPSA) is 70.1 Å². The van der Waals surface area contributed by atoms with E-state index in [-0.39, 0.29) is 24.4 Å². The Bertz CT molecular complexity index is 670. The Hall–Kier alpha value is -1.28. The fourth-order valence-electron chi connectivity index (χ4n) is 4.06. The molecule has 2 aliphatic rings. The molecule has 23 heavy (non-hydrogen) atoms. The van der Waals surface area contributed by atoms with Crippen LogP contribution in [0.3, 0.4) is 0 Å². The molecule has 1 aromatic rings. The first-order valence-corrected chi connectivity index (χ1v) is 7.96. The van der Waals surface area contributed by atoms with Gasteiger partial charge in [0.2, 0.25) is 5.91 Å². The van der Waals surface area contributed by atoms with Crippen LogP contribution in [0.25, 0.3) is 0 Å². The van der Waals surface area contributed by atoms with Crippen molar-refractivity contribution in [1.82, 2.24) is 4.90 Å². The lowest BCUT2D eigenvalue weighted by molar-refractivity contribution is -0.134. The van der Waals surface area contributed by atoms with Crippen LogP contribution in [0.2, 0.25) is 5.02 Å². The molecule has 2 saturated heterocycles. The van der Waals surface area contributed by atoms with Crippen LogP contribution in [-0.2, 0) is 10.3 Å². The first-order chi connectivity index (χ1) is 10.3. The minimum absolute atomic E-state index is 0. The molecule has 0 aromatic heterocycles. The smallest absolute Gasteiger partial charge is 0.240 e. The number of carbonyl (C=O) groups excluding carboxylic acids is 1. The second-order valence-electron chi connectivity index (χ2n) is 6.95. The maximum atomic E-state index is 12.7. The Morgan fingerprint density at radius 3 is 2.78 bits per heavy atom. The van der Waals surface area contributed by atoms with E-state index in [9.17, 15) is 10.1 Å². The molecule has 2 heterocycles. The minimum Gasteiger partial charge on any atom is -0.327 e. The van der Waals surface area contributed by atoms with Gasteiger partial charge in [-0.15, -0.1) is 12.4 Å². The minimum atomic E-state index is -0.597. The highest BCUT2D eigenvalue weighted by Gasteiger charge is 2.59. The van der Waals surface area contributed by atoms with Gasteiger partial charge in [0.1, 0.15) is 0 Å². The highest BCUT2D eigenvalue weighted by atomic mass is 35.5. The Labute approximate surface area is 148 Å². The predicted octanol–water partition coefficient (Wildman–Crippen LogP) is 3.23. The molecular formula is C17H21Cl2N3O. The fraction of sp³-hybridized carbons (Fsp3) is 0.529. The van der Waals surface area contributed by atoms with E-state index in [2.05, 4.69) is 6.07 Å². The molecule has 3 atom stereocenters. The van der Waals surface area contributed by atoms with Crippen LogP contribution >= 0.6 is 24.0 Å². The van der Waals surface area contributed by atoms with Gasteiger partial charge in [-0.1, -0.05) is 23.7 Å². The van der Waals surface area contributed by atoms with Crippen molar-refractivity contribution in [3.8, 4) is 6.07 Å². The van der Waals surface area contributed by atoms with Crippen molar-refractivity contribution in [3.05, 3.63) is 34.9 Å². The third-order valence-corrected chi connectivity index (χ3v) is 5.43. The van der Waals surface area contributed by atoms with Crippen molar-refractivity contribution in [3.63, 3.8) is 0 Å². The molecule has 6 heteroatoms. The van der Waals surface area contributed by atoms with Crippen LogP contribution in [0, 0.1) is 16.7 Å². The summed E-state index contributed by atoms with van der Waals surface area (Å²) in [6.07, 6.45) is 2.22. The number of amides is 1. The van der Waals surface area contributed by atoms with Gasteiger partial charge in [0, 0.05) is 5.02 Å². The van der Waals surface area contributed by atoms with Crippen molar-refractivity contribution >= 4 is 29.9 Å². The zero-order chi connectivity index (χ0) is 16.1. The van der Waals surface area contributed by atoms with Crippen LogP contribution < -0.4 is 5.73 Å².